The Morgan fingerprint density at radius 3 is 3.11 bits per heavy atom. The summed E-state index contributed by atoms with van der Waals surface area (Å²) in [5, 5.41) is 12.8. The zero-order valence-electron chi connectivity index (χ0n) is 10.8. The summed E-state index contributed by atoms with van der Waals surface area (Å²) in [6, 6.07) is 1.95. The SMILES string of the molecule is COc1ncc(C)cc1NC(CO)C1CCOC1. The number of hydrogen-bond acceptors (Lipinski definition) is 5. The maximum atomic E-state index is 9.50. The molecule has 1 aliphatic heterocycles. The lowest BCUT2D eigenvalue weighted by Gasteiger charge is -2.23. The minimum atomic E-state index is -0.0231. The van der Waals surface area contributed by atoms with E-state index in [9.17, 15) is 5.11 Å². The van der Waals surface area contributed by atoms with Gasteiger partial charge in [0.15, 0.2) is 0 Å². The van der Waals surface area contributed by atoms with Crippen molar-refractivity contribution in [1.82, 2.24) is 4.98 Å². The molecule has 0 aromatic carbocycles. The van der Waals surface area contributed by atoms with E-state index >= 15 is 0 Å². The van der Waals surface area contributed by atoms with Crippen molar-refractivity contribution in [2.45, 2.75) is 19.4 Å². The van der Waals surface area contributed by atoms with Gasteiger partial charge in [0.25, 0.3) is 0 Å². The summed E-state index contributed by atoms with van der Waals surface area (Å²) in [5.74, 6) is 0.887. The van der Waals surface area contributed by atoms with Crippen LogP contribution in [0, 0.1) is 12.8 Å². The van der Waals surface area contributed by atoms with E-state index in [0.29, 0.717) is 18.4 Å². The lowest BCUT2D eigenvalue weighted by Crippen LogP contribution is -2.33. The fraction of sp³-hybridized carbons (Fsp3) is 0.615. The quantitative estimate of drug-likeness (QED) is 0.824. The van der Waals surface area contributed by atoms with Crippen molar-refractivity contribution in [1.29, 1.82) is 0 Å². The average Bonchev–Trinajstić information content (AvgIpc) is 2.90. The van der Waals surface area contributed by atoms with E-state index in [1.54, 1.807) is 13.3 Å². The van der Waals surface area contributed by atoms with E-state index < -0.39 is 0 Å². The molecule has 2 N–H and O–H groups in total. The van der Waals surface area contributed by atoms with E-state index in [2.05, 4.69) is 10.3 Å². The predicted molar refractivity (Wildman–Crippen MR) is 68.9 cm³/mol. The van der Waals surface area contributed by atoms with E-state index in [0.717, 1.165) is 24.3 Å². The molecule has 5 nitrogen and oxygen atoms in total. The molecular formula is C13H20N2O3. The molecule has 1 aromatic heterocycles. The predicted octanol–water partition coefficient (Wildman–Crippen LogP) is 1.21. The number of pyridine rings is 1. The Morgan fingerprint density at radius 1 is 1.67 bits per heavy atom. The number of anilines is 1. The number of methoxy groups -OCH3 is 1. The van der Waals surface area contributed by atoms with Gasteiger partial charge in [0.2, 0.25) is 5.88 Å². The molecule has 0 radical (unpaired) electrons. The first kappa shape index (κ1) is 13.1. The van der Waals surface area contributed by atoms with Crippen LogP contribution in [0.25, 0.3) is 0 Å². The highest BCUT2D eigenvalue weighted by atomic mass is 16.5. The minimum absolute atomic E-state index is 0.0231. The van der Waals surface area contributed by atoms with Crippen LogP contribution >= 0.6 is 0 Å². The first-order chi connectivity index (χ1) is 8.74. The van der Waals surface area contributed by atoms with Crippen LogP contribution in [0.5, 0.6) is 5.88 Å². The standard InChI is InChI=1S/C13H20N2O3/c1-9-5-11(13(17-2)14-6-9)15-12(7-16)10-3-4-18-8-10/h5-6,10,12,15-16H,3-4,7-8H2,1-2H3. The van der Waals surface area contributed by atoms with Gasteiger partial charge in [0, 0.05) is 18.7 Å². The second-order valence-corrected chi connectivity index (χ2v) is 4.63. The van der Waals surface area contributed by atoms with Gasteiger partial charge in [-0.2, -0.15) is 0 Å². The topological polar surface area (TPSA) is 63.6 Å². The van der Waals surface area contributed by atoms with Gasteiger partial charge in [-0.1, -0.05) is 0 Å². The molecule has 2 atom stereocenters. The molecule has 0 bridgehead atoms. The fourth-order valence-electron chi connectivity index (χ4n) is 2.21. The van der Waals surface area contributed by atoms with Crippen molar-refractivity contribution in [2.24, 2.45) is 5.92 Å². The lowest BCUT2D eigenvalue weighted by atomic mass is 9.99. The number of hydrogen-bond donors (Lipinski definition) is 2. The lowest BCUT2D eigenvalue weighted by molar-refractivity contribution is 0.169. The fourth-order valence-corrected chi connectivity index (χ4v) is 2.21. The first-order valence-corrected chi connectivity index (χ1v) is 6.20. The van der Waals surface area contributed by atoms with Gasteiger partial charge in [-0.25, -0.2) is 4.98 Å². The first-order valence-electron chi connectivity index (χ1n) is 6.20. The molecule has 0 saturated carbocycles. The van der Waals surface area contributed by atoms with E-state index in [1.807, 2.05) is 13.0 Å². The molecule has 1 saturated heterocycles. The molecule has 1 fully saturated rings. The van der Waals surface area contributed by atoms with Crippen molar-refractivity contribution in [3.8, 4) is 5.88 Å². The van der Waals surface area contributed by atoms with Crippen molar-refractivity contribution in [2.75, 3.05) is 32.2 Å². The van der Waals surface area contributed by atoms with Crippen LogP contribution in [-0.2, 0) is 4.74 Å². The minimum Gasteiger partial charge on any atom is -0.480 e. The number of ether oxygens (including phenoxy) is 2. The van der Waals surface area contributed by atoms with Crippen molar-refractivity contribution >= 4 is 5.69 Å². The zero-order valence-corrected chi connectivity index (χ0v) is 10.8. The number of rotatable bonds is 5. The third-order valence-electron chi connectivity index (χ3n) is 3.25. The Labute approximate surface area is 107 Å². The van der Waals surface area contributed by atoms with Crippen LogP contribution < -0.4 is 10.1 Å². The molecule has 2 heterocycles. The van der Waals surface area contributed by atoms with Gasteiger partial charge in [0.1, 0.15) is 0 Å². The molecule has 5 heteroatoms. The second kappa shape index (κ2) is 6.02. The third-order valence-corrected chi connectivity index (χ3v) is 3.25. The molecule has 0 aliphatic carbocycles. The third kappa shape index (κ3) is 2.91. The molecule has 0 amide bonds. The molecule has 2 rings (SSSR count). The Morgan fingerprint density at radius 2 is 2.50 bits per heavy atom. The Hall–Kier alpha value is -1.33. The van der Waals surface area contributed by atoms with Gasteiger partial charge >= 0.3 is 0 Å². The van der Waals surface area contributed by atoms with Crippen molar-refractivity contribution < 1.29 is 14.6 Å². The normalized spacial score (nSPS) is 20.7. The Balaban J connectivity index is 2.12. The summed E-state index contributed by atoms with van der Waals surface area (Å²) < 4.78 is 10.6. The van der Waals surface area contributed by atoms with Gasteiger partial charge in [-0.3, -0.25) is 0 Å². The Bertz CT molecular complexity index is 392. The number of aromatic nitrogens is 1. The van der Waals surface area contributed by atoms with Crippen LogP contribution in [-0.4, -0.2) is 43.1 Å². The smallest absolute Gasteiger partial charge is 0.237 e. The number of aliphatic hydroxyl groups is 1. The highest BCUT2D eigenvalue weighted by molar-refractivity contribution is 5.54. The number of nitrogens with one attached hydrogen (secondary N) is 1. The maximum absolute atomic E-state index is 9.50. The van der Waals surface area contributed by atoms with Crippen LogP contribution in [0.1, 0.15) is 12.0 Å². The molecule has 18 heavy (non-hydrogen) atoms. The summed E-state index contributed by atoms with van der Waals surface area (Å²) in [6.07, 6.45) is 2.73. The van der Waals surface area contributed by atoms with Crippen LogP contribution in [0.3, 0.4) is 0 Å². The largest absolute Gasteiger partial charge is 0.480 e. The van der Waals surface area contributed by atoms with Crippen LogP contribution in [0.4, 0.5) is 5.69 Å². The highest BCUT2D eigenvalue weighted by Gasteiger charge is 2.26. The van der Waals surface area contributed by atoms with Gasteiger partial charge < -0.3 is 19.9 Å². The van der Waals surface area contributed by atoms with E-state index in [1.165, 1.54) is 0 Å². The maximum Gasteiger partial charge on any atom is 0.237 e. The number of aliphatic hydroxyl groups excluding tert-OH is 1. The number of aryl methyl sites for hydroxylation is 1. The van der Waals surface area contributed by atoms with Crippen molar-refractivity contribution in [3.05, 3.63) is 17.8 Å². The van der Waals surface area contributed by atoms with Crippen molar-refractivity contribution in [3.63, 3.8) is 0 Å². The average molecular weight is 252 g/mol. The summed E-state index contributed by atoms with van der Waals surface area (Å²) in [5.41, 5.74) is 1.88. The van der Waals surface area contributed by atoms with Gasteiger partial charge in [-0.05, 0) is 25.0 Å². The molecular weight excluding hydrogens is 232 g/mol. The van der Waals surface area contributed by atoms with Gasteiger partial charge in [-0.15, -0.1) is 0 Å². The van der Waals surface area contributed by atoms with Crippen LogP contribution in [0.15, 0.2) is 12.3 Å². The molecule has 1 aromatic rings. The molecule has 100 valence electrons. The van der Waals surface area contributed by atoms with E-state index in [-0.39, 0.29) is 12.6 Å². The second-order valence-electron chi connectivity index (χ2n) is 4.63. The zero-order chi connectivity index (χ0) is 13.0. The van der Waals surface area contributed by atoms with E-state index in [4.69, 9.17) is 9.47 Å². The summed E-state index contributed by atoms with van der Waals surface area (Å²) >= 11 is 0. The summed E-state index contributed by atoms with van der Waals surface area (Å²) in [7, 11) is 1.59. The number of nitrogens with zero attached hydrogens (tertiary/aromatic N) is 1. The highest BCUT2D eigenvalue weighted by Crippen LogP contribution is 2.26. The van der Waals surface area contributed by atoms with Gasteiger partial charge in [0.05, 0.1) is 32.1 Å². The summed E-state index contributed by atoms with van der Waals surface area (Å²) in [4.78, 5) is 4.21. The molecule has 0 spiro atoms. The van der Waals surface area contributed by atoms with Crippen LogP contribution in [0.2, 0.25) is 0 Å². The molecule has 1 aliphatic rings. The summed E-state index contributed by atoms with van der Waals surface area (Å²) in [6.45, 7) is 3.52. The Kier molecular flexibility index (Phi) is 4.38. The monoisotopic (exact) mass is 252 g/mol. The molecule has 2 unspecified atom stereocenters.